The second kappa shape index (κ2) is 1.94. The lowest BCUT2D eigenvalue weighted by Crippen LogP contribution is -2.49. The van der Waals surface area contributed by atoms with Crippen LogP contribution in [0.25, 0.3) is 0 Å². The molecule has 0 saturated carbocycles. The van der Waals surface area contributed by atoms with E-state index in [-0.39, 0.29) is 0 Å². The first-order valence-corrected chi connectivity index (χ1v) is 3.84. The monoisotopic (exact) mass is 164 g/mol. The molecule has 10 heavy (non-hydrogen) atoms. The Bertz CT molecular complexity index is 257. The molecule has 1 heterocycles. The molecule has 0 bridgehead atoms. The van der Waals surface area contributed by atoms with Crippen LogP contribution >= 0.6 is 0 Å². The number of nitrogens with one attached hydrogen (secondary N) is 2. The fraction of sp³-hybridized carbons (Fsp3) is 0.333. The van der Waals surface area contributed by atoms with Gasteiger partial charge < -0.3 is 0 Å². The summed E-state index contributed by atoms with van der Waals surface area (Å²) in [7, 11) is -3.88. The molecule has 1 aliphatic heterocycles. The van der Waals surface area contributed by atoms with Crippen LogP contribution < -0.4 is 9.44 Å². The second-order valence-corrected chi connectivity index (χ2v) is 3.15. The van der Waals surface area contributed by atoms with Gasteiger partial charge in [0.25, 0.3) is 0 Å². The zero-order valence-corrected chi connectivity index (χ0v) is 5.56. The summed E-state index contributed by atoms with van der Waals surface area (Å²) in [5, 5.41) is 0. The van der Waals surface area contributed by atoms with E-state index in [4.69, 9.17) is 0 Å². The number of hydrogen-bond acceptors (Lipinski definition) is 4. The first-order valence-electron chi connectivity index (χ1n) is 2.36. The molecule has 0 unspecified atom stereocenters. The van der Waals surface area contributed by atoms with E-state index in [2.05, 4.69) is 0 Å². The molecule has 1 fully saturated rings. The summed E-state index contributed by atoms with van der Waals surface area (Å²) in [6, 6.07) is 0. The summed E-state index contributed by atoms with van der Waals surface area (Å²) in [6.45, 7) is 0. The van der Waals surface area contributed by atoms with Crippen molar-refractivity contribution in [2.75, 3.05) is 0 Å². The topological polar surface area (TPSA) is 92.3 Å². The molecule has 0 aliphatic carbocycles. The normalized spacial score (nSPS) is 23.2. The zero-order valence-electron chi connectivity index (χ0n) is 4.75. The largest absolute Gasteiger partial charge is 0.325 e. The minimum absolute atomic E-state index is 0.431. The van der Waals surface area contributed by atoms with Crippen molar-refractivity contribution < 1.29 is 18.0 Å². The molecule has 2 N–H and O–H groups in total. The summed E-state index contributed by atoms with van der Waals surface area (Å²) in [4.78, 5) is 20.7. The van der Waals surface area contributed by atoms with E-state index < -0.39 is 28.4 Å². The molecule has 1 saturated heterocycles. The van der Waals surface area contributed by atoms with Crippen LogP contribution in [0.1, 0.15) is 6.42 Å². The molecular formula is C3H4N2O4S. The van der Waals surface area contributed by atoms with Crippen molar-refractivity contribution in [2.24, 2.45) is 0 Å². The molecule has 0 atom stereocenters. The molecular weight excluding hydrogens is 160 g/mol. The quantitative estimate of drug-likeness (QED) is 0.400. The highest BCUT2D eigenvalue weighted by Gasteiger charge is 2.25. The molecule has 0 aromatic heterocycles. The van der Waals surface area contributed by atoms with Crippen molar-refractivity contribution in [1.29, 1.82) is 0 Å². The lowest BCUT2D eigenvalue weighted by molar-refractivity contribution is -0.128. The molecule has 7 heteroatoms. The van der Waals surface area contributed by atoms with Gasteiger partial charge in [-0.05, 0) is 0 Å². The lowest BCUT2D eigenvalue weighted by Gasteiger charge is -2.11. The second-order valence-electron chi connectivity index (χ2n) is 1.73. The predicted octanol–water partition coefficient (Wildman–Crippen LogP) is -2.13. The van der Waals surface area contributed by atoms with Crippen LogP contribution in [-0.4, -0.2) is 20.2 Å². The van der Waals surface area contributed by atoms with Crippen LogP contribution in [0, 0.1) is 0 Å². The van der Waals surface area contributed by atoms with Gasteiger partial charge in [0.15, 0.2) is 0 Å². The van der Waals surface area contributed by atoms with Crippen LogP contribution in [-0.2, 0) is 19.8 Å². The van der Waals surface area contributed by atoms with Crippen molar-refractivity contribution in [2.45, 2.75) is 6.42 Å². The average Bonchev–Trinajstić information content (AvgIpc) is 1.54. The van der Waals surface area contributed by atoms with E-state index in [0.717, 1.165) is 0 Å². The third-order valence-corrected chi connectivity index (χ3v) is 1.81. The van der Waals surface area contributed by atoms with Gasteiger partial charge in [0.05, 0.1) is 0 Å². The Kier molecular flexibility index (Phi) is 1.36. The molecule has 0 aromatic rings. The molecule has 0 spiro atoms. The first kappa shape index (κ1) is 7.00. The summed E-state index contributed by atoms with van der Waals surface area (Å²) < 4.78 is 24.0. The minimum Gasteiger partial charge on any atom is -0.273 e. The van der Waals surface area contributed by atoms with Crippen molar-refractivity contribution in [1.82, 2.24) is 9.44 Å². The van der Waals surface area contributed by atoms with E-state index in [1.165, 1.54) is 0 Å². The zero-order chi connectivity index (χ0) is 7.78. The van der Waals surface area contributed by atoms with Gasteiger partial charge in [-0.25, -0.2) is 9.44 Å². The highest BCUT2D eigenvalue weighted by Crippen LogP contribution is 1.91. The fourth-order valence-electron chi connectivity index (χ4n) is 0.543. The smallest absolute Gasteiger partial charge is 0.273 e. The molecule has 1 aliphatic rings. The number of hydrogen-bond donors (Lipinski definition) is 2. The molecule has 2 amide bonds. The van der Waals surface area contributed by atoms with Gasteiger partial charge in [-0.1, -0.05) is 0 Å². The van der Waals surface area contributed by atoms with Gasteiger partial charge in [-0.3, -0.25) is 9.59 Å². The highest BCUT2D eigenvalue weighted by molar-refractivity contribution is 7.88. The molecule has 1 rings (SSSR count). The highest BCUT2D eigenvalue weighted by atomic mass is 32.2. The molecule has 6 nitrogen and oxygen atoms in total. The van der Waals surface area contributed by atoms with E-state index in [9.17, 15) is 18.0 Å². The van der Waals surface area contributed by atoms with Gasteiger partial charge >= 0.3 is 10.2 Å². The Morgan fingerprint density at radius 2 is 1.50 bits per heavy atom. The van der Waals surface area contributed by atoms with Crippen molar-refractivity contribution in [3.63, 3.8) is 0 Å². The van der Waals surface area contributed by atoms with Gasteiger partial charge in [-0.2, -0.15) is 8.42 Å². The van der Waals surface area contributed by atoms with Crippen molar-refractivity contribution in [3.8, 4) is 0 Å². The Morgan fingerprint density at radius 1 is 1.10 bits per heavy atom. The maximum atomic E-state index is 10.4. The van der Waals surface area contributed by atoms with Crippen LogP contribution in [0.5, 0.6) is 0 Å². The number of carbonyl (C=O) groups is 2. The van der Waals surface area contributed by atoms with Gasteiger partial charge in [-0.15, -0.1) is 0 Å². The maximum absolute atomic E-state index is 10.4. The van der Waals surface area contributed by atoms with E-state index >= 15 is 0 Å². The first-order chi connectivity index (χ1) is 4.49. The average molecular weight is 164 g/mol. The standard InChI is InChI=1S/C3H4N2O4S/c6-2-1-3(7)5-10(8,9)4-2/h1H2,(H,4,6)(H,5,7). The van der Waals surface area contributed by atoms with Crippen LogP contribution in [0.3, 0.4) is 0 Å². The predicted molar refractivity (Wildman–Crippen MR) is 29.8 cm³/mol. The molecule has 56 valence electrons. The summed E-state index contributed by atoms with van der Waals surface area (Å²) in [5.74, 6) is -1.60. The van der Waals surface area contributed by atoms with Crippen molar-refractivity contribution in [3.05, 3.63) is 0 Å². The van der Waals surface area contributed by atoms with Crippen LogP contribution in [0.4, 0.5) is 0 Å². The lowest BCUT2D eigenvalue weighted by atomic mass is 10.4. The summed E-state index contributed by atoms with van der Waals surface area (Å²) >= 11 is 0. The minimum atomic E-state index is -3.88. The Labute approximate surface area is 56.8 Å². The van der Waals surface area contributed by atoms with E-state index in [1.807, 2.05) is 0 Å². The van der Waals surface area contributed by atoms with Crippen molar-refractivity contribution >= 4 is 22.0 Å². The Hall–Kier alpha value is -1.11. The third kappa shape index (κ3) is 1.44. The third-order valence-electron chi connectivity index (χ3n) is 0.818. The molecule has 0 aromatic carbocycles. The van der Waals surface area contributed by atoms with E-state index in [1.54, 1.807) is 9.44 Å². The maximum Gasteiger partial charge on any atom is 0.325 e. The summed E-state index contributed by atoms with van der Waals surface area (Å²) in [6.07, 6.45) is -0.431. The Balaban J connectivity index is 2.89. The fourth-order valence-corrected chi connectivity index (χ4v) is 1.34. The van der Waals surface area contributed by atoms with Gasteiger partial charge in [0.2, 0.25) is 11.8 Å². The Morgan fingerprint density at radius 3 is 1.80 bits per heavy atom. The summed E-state index contributed by atoms with van der Waals surface area (Å²) in [5.41, 5.74) is 0. The number of carbonyl (C=O) groups excluding carboxylic acids is 2. The SMILES string of the molecule is O=C1CC(=O)NS(=O)(=O)N1. The molecule has 0 radical (unpaired) electrons. The van der Waals surface area contributed by atoms with Gasteiger partial charge in [0, 0.05) is 0 Å². The number of rotatable bonds is 0. The van der Waals surface area contributed by atoms with Crippen LogP contribution in [0.15, 0.2) is 0 Å². The van der Waals surface area contributed by atoms with E-state index in [0.29, 0.717) is 0 Å². The number of amides is 2. The van der Waals surface area contributed by atoms with Gasteiger partial charge in [0.1, 0.15) is 6.42 Å². The van der Waals surface area contributed by atoms with Crippen LogP contribution in [0.2, 0.25) is 0 Å².